The molecule has 0 aliphatic heterocycles. The molecular weight excluding hydrogens is 408 g/mol. The van der Waals surface area contributed by atoms with Gasteiger partial charge in [0.05, 0.1) is 19.1 Å². The lowest BCUT2D eigenvalue weighted by Gasteiger charge is -2.31. The molecule has 1 aromatic heterocycles. The summed E-state index contributed by atoms with van der Waals surface area (Å²) in [6.45, 7) is 0. The molecule has 4 rings (SSSR count). The molecule has 31 heavy (non-hydrogen) atoms. The predicted molar refractivity (Wildman–Crippen MR) is 124 cm³/mol. The molecule has 1 heterocycles. The minimum atomic E-state index is -3.27. The second kappa shape index (κ2) is 8.81. The molecule has 0 spiro atoms. The number of sulfonamides is 1. The lowest BCUT2D eigenvalue weighted by atomic mass is 9.76. The van der Waals surface area contributed by atoms with Gasteiger partial charge in [0.25, 0.3) is 0 Å². The Morgan fingerprint density at radius 1 is 1.06 bits per heavy atom. The lowest BCUT2D eigenvalue weighted by molar-refractivity contribution is 0.359. The number of nitrogens with zero attached hydrogens (tertiary/aromatic N) is 1. The summed E-state index contributed by atoms with van der Waals surface area (Å²) in [5.74, 6) is 0.752. The average molecular weight is 437 g/mol. The third-order valence-electron chi connectivity index (χ3n) is 6.06. The smallest absolute Gasteiger partial charge is 0.208 e. The summed E-state index contributed by atoms with van der Waals surface area (Å²) in [5.41, 5.74) is 4.15. The van der Waals surface area contributed by atoms with E-state index < -0.39 is 10.0 Å². The summed E-state index contributed by atoms with van der Waals surface area (Å²) in [7, 11) is -1.61. The van der Waals surface area contributed by atoms with Crippen molar-refractivity contribution in [2.75, 3.05) is 13.4 Å². The molecule has 1 saturated carbocycles. The van der Waals surface area contributed by atoms with Crippen LogP contribution in [0.2, 0.25) is 0 Å². The first-order chi connectivity index (χ1) is 14.9. The standard InChI is InChI=1S/C25H28N2O3S/c1-30-23-12-7-15-26-24(23)25(14-13-22(18-25)27-31(2,28)29)17-19-8-6-11-21(16-19)20-9-4-3-5-10-20/h3-12,15-16,22,27H,13-14,17-18H2,1-2H3/t22-,25+/m0/s1. The Morgan fingerprint density at radius 2 is 1.84 bits per heavy atom. The summed E-state index contributed by atoms with van der Waals surface area (Å²) in [6.07, 6.45) is 6.06. The highest BCUT2D eigenvalue weighted by Crippen LogP contribution is 2.46. The molecule has 162 valence electrons. The van der Waals surface area contributed by atoms with E-state index in [1.54, 1.807) is 13.3 Å². The number of aromatic nitrogens is 1. The zero-order valence-corrected chi connectivity index (χ0v) is 18.7. The third kappa shape index (κ3) is 4.97. The highest BCUT2D eigenvalue weighted by molar-refractivity contribution is 7.88. The van der Waals surface area contributed by atoms with Gasteiger partial charge in [-0.25, -0.2) is 13.1 Å². The number of nitrogens with one attached hydrogen (secondary N) is 1. The van der Waals surface area contributed by atoms with Crippen LogP contribution in [0.1, 0.15) is 30.5 Å². The molecule has 1 fully saturated rings. The van der Waals surface area contributed by atoms with Crippen molar-refractivity contribution in [1.29, 1.82) is 0 Å². The molecule has 0 unspecified atom stereocenters. The van der Waals surface area contributed by atoms with E-state index in [-0.39, 0.29) is 11.5 Å². The zero-order chi connectivity index (χ0) is 21.9. The lowest BCUT2D eigenvalue weighted by Crippen LogP contribution is -2.35. The first-order valence-corrected chi connectivity index (χ1v) is 12.4. The van der Waals surface area contributed by atoms with E-state index in [0.29, 0.717) is 6.42 Å². The summed E-state index contributed by atoms with van der Waals surface area (Å²) < 4.78 is 32.2. The molecule has 0 radical (unpaired) electrons. The van der Waals surface area contributed by atoms with E-state index >= 15 is 0 Å². The predicted octanol–water partition coefficient (Wildman–Crippen LogP) is 4.34. The SMILES string of the molecule is COc1cccnc1[C@@]1(Cc2cccc(-c3ccccc3)c2)CC[C@H](NS(C)(=O)=O)C1. The quantitative estimate of drug-likeness (QED) is 0.598. The minimum Gasteiger partial charge on any atom is -0.495 e. The monoisotopic (exact) mass is 436 g/mol. The number of ether oxygens (including phenoxy) is 1. The maximum absolute atomic E-state index is 11.9. The number of hydrogen-bond acceptors (Lipinski definition) is 4. The van der Waals surface area contributed by atoms with E-state index in [2.05, 4.69) is 41.1 Å². The Hall–Kier alpha value is -2.70. The van der Waals surface area contributed by atoms with Gasteiger partial charge in [0.2, 0.25) is 10.0 Å². The van der Waals surface area contributed by atoms with Crippen LogP contribution >= 0.6 is 0 Å². The second-order valence-electron chi connectivity index (χ2n) is 8.41. The summed E-state index contributed by atoms with van der Waals surface area (Å²) in [6, 6.07) is 22.6. The maximum atomic E-state index is 11.9. The molecule has 1 aliphatic rings. The largest absolute Gasteiger partial charge is 0.495 e. The number of benzene rings is 2. The number of rotatable bonds is 7. The van der Waals surface area contributed by atoms with Crippen LogP contribution in [0, 0.1) is 0 Å². The molecule has 0 amide bonds. The first-order valence-electron chi connectivity index (χ1n) is 10.5. The van der Waals surface area contributed by atoms with Crippen LogP contribution in [0.4, 0.5) is 0 Å². The average Bonchev–Trinajstić information content (AvgIpc) is 3.16. The van der Waals surface area contributed by atoms with Crippen LogP contribution in [-0.4, -0.2) is 32.8 Å². The van der Waals surface area contributed by atoms with Crippen LogP contribution in [-0.2, 0) is 21.9 Å². The van der Waals surface area contributed by atoms with Gasteiger partial charge in [-0.2, -0.15) is 0 Å². The van der Waals surface area contributed by atoms with E-state index in [9.17, 15) is 8.42 Å². The van der Waals surface area contributed by atoms with E-state index in [1.807, 2.05) is 30.3 Å². The van der Waals surface area contributed by atoms with Crippen molar-refractivity contribution in [2.24, 2.45) is 0 Å². The van der Waals surface area contributed by atoms with Gasteiger partial charge in [0, 0.05) is 17.7 Å². The summed E-state index contributed by atoms with van der Waals surface area (Å²) in [5, 5.41) is 0. The van der Waals surface area contributed by atoms with Gasteiger partial charge in [-0.3, -0.25) is 4.98 Å². The van der Waals surface area contributed by atoms with Gasteiger partial charge >= 0.3 is 0 Å². The van der Waals surface area contributed by atoms with Gasteiger partial charge in [0.15, 0.2) is 0 Å². The minimum absolute atomic E-state index is 0.112. The number of hydrogen-bond donors (Lipinski definition) is 1. The van der Waals surface area contributed by atoms with Gasteiger partial charge in [0.1, 0.15) is 5.75 Å². The van der Waals surface area contributed by atoms with Crippen molar-refractivity contribution in [3.05, 3.63) is 84.2 Å². The van der Waals surface area contributed by atoms with Crippen LogP contribution < -0.4 is 9.46 Å². The van der Waals surface area contributed by atoms with Crippen LogP contribution in [0.25, 0.3) is 11.1 Å². The van der Waals surface area contributed by atoms with Crippen molar-refractivity contribution in [3.8, 4) is 16.9 Å². The molecule has 2 atom stereocenters. The maximum Gasteiger partial charge on any atom is 0.208 e. The fraction of sp³-hybridized carbons (Fsp3) is 0.320. The Kier molecular flexibility index (Phi) is 6.12. The number of methoxy groups -OCH3 is 1. The molecule has 0 saturated heterocycles. The van der Waals surface area contributed by atoms with Gasteiger partial charge in [-0.15, -0.1) is 0 Å². The molecule has 5 nitrogen and oxygen atoms in total. The van der Waals surface area contributed by atoms with Crippen LogP contribution in [0.3, 0.4) is 0 Å². The van der Waals surface area contributed by atoms with Gasteiger partial charge < -0.3 is 4.74 Å². The Bertz CT molecular complexity index is 1150. The molecule has 0 bridgehead atoms. The van der Waals surface area contributed by atoms with Crippen molar-refractivity contribution < 1.29 is 13.2 Å². The topological polar surface area (TPSA) is 68.3 Å². The number of pyridine rings is 1. The van der Waals surface area contributed by atoms with E-state index in [4.69, 9.17) is 9.72 Å². The van der Waals surface area contributed by atoms with E-state index in [1.165, 1.54) is 22.9 Å². The van der Waals surface area contributed by atoms with Crippen LogP contribution in [0.5, 0.6) is 5.75 Å². The second-order valence-corrected chi connectivity index (χ2v) is 10.2. The fourth-order valence-corrected chi connectivity index (χ4v) is 5.63. The van der Waals surface area contributed by atoms with E-state index in [0.717, 1.165) is 30.7 Å². The van der Waals surface area contributed by atoms with Gasteiger partial charge in [-0.1, -0.05) is 54.6 Å². The van der Waals surface area contributed by atoms with Crippen LogP contribution in [0.15, 0.2) is 72.9 Å². The van der Waals surface area contributed by atoms with Crippen molar-refractivity contribution in [2.45, 2.75) is 37.1 Å². The van der Waals surface area contributed by atoms with Crippen molar-refractivity contribution >= 4 is 10.0 Å². The molecule has 1 aliphatic carbocycles. The normalized spacial score (nSPS) is 21.2. The molecule has 1 N–H and O–H groups in total. The Balaban J connectivity index is 1.71. The van der Waals surface area contributed by atoms with Crippen molar-refractivity contribution in [1.82, 2.24) is 9.71 Å². The molecular formula is C25H28N2O3S. The highest BCUT2D eigenvalue weighted by Gasteiger charge is 2.44. The fourth-order valence-electron chi connectivity index (χ4n) is 4.82. The van der Waals surface area contributed by atoms with Gasteiger partial charge in [-0.05, 0) is 54.5 Å². The summed E-state index contributed by atoms with van der Waals surface area (Å²) in [4.78, 5) is 4.71. The molecule has 6 heteroatoms. The Labute approximate surface area is 184 Å². The first kappa shape index (κ1) is 21.5. The third-order valence-corrected chi connectivity index (χ3v) is 6.82. The molecule has 2 aromatic carbocycles. The molecule has 3 aromatic rings. The van der Waals surface area contributed by atoms with Crippen molar-refractivity contribution in [3.63, 3.8) is 0 Å². The highest BCUT2D eigenvalue weighted by atomic mass is 32.2. The summed E-state index contributed by atoms with van der Waals surface area (Å²) >= 11 is 0. The Morgan fingerprint density at radius 3 is 2.58 bits per heavy atom. The zero-order valence-electron chi connectivity index (χ0n) is 17.9.